The molecular weight excluding hydrogens is 178 g/mol. The first-order valence-corrected chi connectivity index (χ1v) is 5.66. The summed E-state index contributed by atoms with van der Waals surface area (Å²) in [4.78, 5) is 0. The minimum atomic E-state index is -0.762. The molecule has 0 aliphatic heterocycles. The van der Waals surface area contributed by atoms with Gasteiger partial charge in [-0.05, 0) is 32.1 Å². The van der Waals surface area contributed by atoms with E-state index in [0.717, 1.165) is 25.7 Å². The van der Waals surface area contributed by atoms with Crippen LogP contribution in [-0.2, 0) is 4.74 Å². The highest BCUT2D eigenvalue weighted by Gasteiger charge is 2.43. The van der Waals surface area contributed by atoms with E-state index < -0.39 is 5.60 Å². The fourth-order valence-corrected chi connectivity index (χ4v) is 1.74. The van der Waals surface area contributed by atoms with Crippen LogP contribution in [0.1, 0.15) is 39.5 Å². The van der Waals surface area contributed by atoms with Gasteiger partial charge in [-0.25, -0.2) is 0 Å². The molecule has 14 heavy (non-hydrogen) atoms. The summed E-state index contributed by atoms with van der Waals surface area (Å²) in [6, 6.07) is 0. The van der Waals surface area contributed by atoms with Gasteiger partial charge in [0, 0.05) is 6.54 Å². The molecule has 1 aliphatic rings. The Kier molecular flexibility index (Phi) is 4.35. The molecule has 3 heteroatoms. The van der Waals surface area contributed by atoms with Gasteiger partial charge < -0.3 is 15.6 Å². The van der Waals surface area contributed by atoms with E-state index in [1.165, 1.54) is 0 Å². The number of hydrogen-bond donors (Lipinski definition) is 2. The third-order valence-corrected chi connectivity index (χ3v) is 3.00. The minimum Gasteiger partial charge on any atom is -0.386 e. The van der Waals surface area contributed by atoms with E-state index in [0.29, 0.717) is 19.1 Å². The summed E-state index contributed by atoms with van der Waals surface area (Å²) in [6.45, 7) is 4.90. The number of ether oxygens (including phenoxy) is 1. The highest BCUT2D eigenvalue weighted by atomic mass is 16.5. The van der Waals surface area contributed by atoms with Crippen LogP contribution in [0.15, 0.2) is 0 Å². The van der Waals surface area contributed by atoms with Crippen molar-refractivity contribution in [2.75, 3.05) is 13.2 Å². The maximum atomic E-state index is 10.1. The van der Waals surface area contributed by atoms with Gasteiger partial charge in [0.25, 0.3) is 0 Å². The second kappa shape index (κ2) is 5.10. The molecule has 2 atom stereocenters. The standard InChI is InChI=1S/C11H23NO2/c1-3-4-9(2)14-8-11(13,7-12)10-5-6-10/h9-10,13H,3-8,12H2,1-2H3. The van der Waals surface area contributed by atoms with E-state index in [1.807, 2.05) is 6.92 Å². The molecular formula is C11H23NO2. The lowest BCUT2D eigenvalue weighted by Gasteiger charge is -2.27. The van der Waals surface area contributed by atoms with Gasteiger partial charge in [-0.15, -0.1) is 0 Å². The van der Waals surface area contributed by atoms with Crippen molar-refractivity contribution in [3.05, 3.63) is 0 Å². The lowest BCUT2D eigenvalue weighted by molar-refractivity contribution is -0.0773. The zero-order valence-corrected chi connectivity index (χ0v) is 9.33. The van der Waals surface area contributed by atoms with E-state index in [2.05, 4.69) is 6.92 Å². The molecule has 1 rings (SSSR count). The Morgan fingerprint density at radius 3 is 2.64 bits per heavy atom. The zero-order chi connectivity index (χ0) is 10.6. The Morgan fingerprint density at radius 1 is 1.57 bits per heavy atom. The molecule has 1 aliphatic carbocycles. The molecule has 3 nitrogen and oxygen atoms in total. The predicted molar refractivity (Wildman–Crippen MR) is 57.1 cm³/mol. The first-order chi connectivity index (χ1) is 6.62. The highest BCUT2D eigenvalue weighted by Crippen LogP contribution is 2.39. The van der Waals surface area contributed by atoms with Gasteiger partial charge in [-0.3, -0.25) is 0 Å². The molecule has 0 radical (unpaired) electrons. The van der Waals surface area contributed by atoms with E-state index in [-0.39, 0.29) is 6.10 Å². The van der Waals surface area contributed by atoms with E-state index in [4.69, 9.17) is 10.5 Å². The normalized spacial score (nSPS) is 23.1. The van der Waals surface area contributed by atoms with E-state index in [1.54, 1.807) is 0 Å². The highest BCUT2D eigenvalue weighted by molar-refractivity contribution is 4.95. The van der Waals surface area contributed by atoms with E-state index in [9.17, 15) is 5.11 Å². The summed E-state index contributed by atoms with van der Waals surface area (Å²) >= 11 is 0. The fraction of sp³-hybridized carbons (Fsp3) is 1.00. The number of rotatable bonds is 7. The Morgan fingerprint density at radius 2 is 2.21 bits per heavy atom. The largest absolute Gasteiger partial charge is 0.386 e. The third-order valence-electron chi connectivity index (χ3n) is 3.00. The lowest BCUT2D eigenvalue weighted by atomic mass is 9.99. The van der Waals surface area contributed by atoms with Gasteiger partial charge in [-0.1, -0.05) is 13.3 Å². The van der Waals surface area contributed by atoms with Crippen molar-refractivity contribution in [3.63, 3.8) is 0 Å². The summed E-state index contributed by atoms with van der Waals surface area (Å²) in [7, 11) is 0. The molecule has 84 valence electrons. The van der Waals surface area contributed by atoms with Crippen LogP contribution in [-0.4, -0.2) is 30.0 Å². The number of hydrogen-bond acceptors (Lipinski definition) is 3. The van der Waals surface area contributed by atoms with Crippen molar-refractivity contribution >= 4 is 0 Å². The average Bonchev–Trinajstić information content (AvgIpc) is 2.98. The van der Waals surface area contributed by atoms with Crippen LogP contribution in [0.3, 0.4) is 0 Å². The topological polar surface area (TPSA) is 55.5 Å². The van der Waals surface area contributed by atoms with Gasteiger partial charge >= 0.3 is 0 Å². The summed E-state index contributed by atoms with van der Waals surface area (Å²) in [6.07, 6.45) is 4.59. The molecule has 0 amide bonds. The molecule has 3 N–H and O–H groups in total. The van der Waals surface area contributed by atoms with Crippen LogP contribution in [0.25, 0.3) is 0 Å². The second-order valence-corrected chi connectivity index (χ2v) is 4.49. The second-order valence-electron chi connectivity index (χ2n) is 4.49. The molecule has 2 unspecified atom stereocenters. The fourth-order valence-electron chi connectivity index (χ4n) is 1.74. The Balaban J connectivity index is 2.26. The quantitative estimate of drug-likeness (QED) is 0.652. The average molecular weight is 201 g/mol. The molecule has 0 aromatic heterocycles. The zero-order valence-electron chi connectivity index (χ0n) is 9.33. The van der Waals surface area contributed by atoms with Gasteiger partial charge in [-0.2, -0.15) is 0 Å². The number of nitrogens with two attached hydrogens (primary N) is 1. The predicted octanol–water partition coefficient (Wildman–Crippen LogP) is 1.29. The van der Waals surface area contributed by atoms with Crippen molar-refractivity contribution < 1.29 is 9.84 Å². The minimum absolute atomic E-state index is 0.233. The van der Waals surface area contributed by atoms with Crippen LogP contribution < -0.4 is 5.73 Å². The molecule has 0 bridgehead atoms. The van der Waals surface area contributed by atoms with Gasteiger partial charge in [0.05, 0.1) is 12.7 Å². The maximum absolute atomic E-state index is 10.1. The maximum Gasteiger partial charge on any atom is 0.103 e. The van der Waals surface area contributed by atoms with Gasteiger partial charge in [0.15, 0.2) is 0 Å². The van der Waals surface area contributed by atoms with Crippen LogP contribution in [0, 0.1) is 5.92 Å². The molecule has 0 spiro atoms. The smallest absolute Gasteiger partial charge is 0.103 e. The van der Waals surface area contributed by atoms with Crippen LogP contribution in [0.4, 0.5) is 0 Å². The summed E-state index contributed by atoms with van der Waals surface area (Å²) in [5, 5.41) is 10.1. The van der Waals surface area contributed by atoms with Crippen LogP contribution in [0.5, 0.6) is 0 Å². The molecule has 0 aromatic rings. The summed E-state index contributed by atoms with van der Waals surface area (Å²) in [5.41, 5.74) is 4.82. The van der Waals surface area contributed by atoms with Crippen molar-refractivity contribution in [1.82, 2.24) is 0 Å². The third kappa shape index (κ3) is 3.23. The molecule has 1 fully saturated rings. The molecule has 0 saturated heterocycles. The lowest BCUT2D eigenvalue weighted by Crippen LogP contribution is -2.45. The van der Waals surface area contributed by atoms with Crippen molar-refractivity contribution in [2.24, 2.45) is 11.7 Å². The SMILES string of the molecule is CCCC(C)OCC(O)(CN)C1CC1. The Labute approximate surface area is 86.6 Å². The Hall–Kier alpha value is -0.120. The van der Waals surface area contributed by atoms with Crippen molar-refractivity contribution in [3.8, 4) is 0 Å². The van der Waals surface area contributed by atoms with Crippen LogP contribution in [0.2, 0.25) is 0 Å². The first-order valence-electron chi connectivity index (χ1n) is 5.66. The Bertz CT molecular complexity index is 171. The summed E-state index contributed by atoms with van der Waals surface area (Å²) in [5.74, 6) is 0.376. The first kappa shape index (κ1) is 12.0. The number of aliphatic hydroxyl groups is 1. The van der Waals surface area contributed by atoms with Crippen LogP contribution >= 0.6 is 0 Å². The van der Waals surface area contributed by atoms with Crippen molar-refractivity contribution in [1.29, 1.82) is 0 Å². The van der Waals surface area contributed by atoms with Crippen molar-refractivity contribution in [2.45, 2.75) is 51.2 Å². The molecule has 0 heterocycles. The van der Waals surface area contributed by atoms with E-state index >= 15 is 0 Å². The summed E-state index contributed by atoms with van der Waals surface area (Å²) < 4.78 is 5.61. The van der Waals surface area contributed by atoms with Gasteiger partial charge in [0.1, 0.15) is 5.60 Å². The molecule has 0 aromatic carbocycles. The monoisotopic (exact) mass is 201 g/mol. The molecule has 1 saturated carbocycles. The van der Waals surface area contributed by atoms with Gasteiger partial charge in [0.2, 0.25) is 0 Å².